The molecule has 1 fully saturated rings. The molecule has 0 heterocycles. The van der Waals surface area contributed by atoms with Gasteiger partial charge in [0.2, 0.25) is 0 Å². The van der Waals surface area contributed by atoms with Crippen LogP contribution < -0.4 is 5.32 Å². The van der Waals surface area contributed by atoms with E-state index in [1.54, 1.807) is 0 Å². The molecule has 0 aromatic rings. The van der Waals surface area contributed by atoms with E-state index in [4.69, 9.17) is 4.74 Å². The van der Waals surface area contributed by atoms with Gasteiger partial charge in [0.15, 0.2) is 0 Å². The first-order valence-corrected chi connectivity index (χ1v) is 11.1. The second kappa shape index (κ2) is 6.41. The number of carbonyl (C=O) groups excluding carboxylic acids is 1. The number of amides is 1. The van der Waals surface area contributed by atoms with Gasteiger partial charge >= 0.3 is 6.09 Å². The van der Waals surface area contributed by atoms with Crippen LogP contribution in [0.5, 0.6) is 0 Å². The third-order valence-corrected chi connectivity index (χ3v) is 4.08. The molecule has 21 heavy (non-hydrogen) atoms. The first-order chi connectivity index (χ1) is 9.39. The molecule has 0 saturated heterocycles. The van der Waals surface area contributed by atoms with E-state index in [-0.39, 0.29) is 12.1 Å². The van der Waals surface area contributed by atoms with Gasteiger partial charge in [0, 0.05) is 6.04 Å². The predicted molar refractivity (Wildman–Crippen MR) is 87.7 cm³/mol. The van der Waals surface area contributed by atoms with E-state index in [9.17, 15) is 9.90 Å². The molecule has 0 unspecified atom stereocenters. The molecule has 2 N–H and O–H groups in total. The van der Waals surface area contributed by atoms with Gasteiger partial charge in [-0.25, -0.2) is 4.79 Å². The minimum absolute atomic E-state index is 0.0637. The maximum absolute atomic E-state index is 11.7. The molecule has 4 nitrogen and oxygen atoms in total. The highest BCUT2D eigenvalue weighted by Crippen LogP contribution is 2.28. The smallest absolute Gasteiger partial charge is 0.407 e. The molecule has 1 saturated carbocycles. The summed E-state index contributed by atoms with van der Waals surface area (Å²) < 4.78 is 5.25. The van der Waals surface area contributed by atoms with E-state index in [2.05, 4.69) is 36.4 Å². The quantitative estimate of drug-likeness (QED) is 0.578. The largest absolute Gasteiger partial charge is 0.444 e. The Labute approximate surface area is 129 Å². The zero-order chi connectivity index (χ0) is 16.3. The second-order valence-corrected chi connectivity index (χ2v) is 12.7. The Morgan fingerprint density at radius 3 is 2.24 bits per heavy atom. The summed E-state index contributed by atoms with van der Waals surface area (Å²) in [6, 6.07) is 0.0637. The lowest BCUT2D eigenvalue weighted by atomic mass is 9.83. The van der Waals surface area contributed by atoms with E-state index < -0.39 is 19.3 Å². The molecule has 0 atom stereocenters. The van der Waals surface area contributed by atoms with Crippen molar-refractivity contribution in [2.24, 2.45) is 0 Å². The van der Waals surface area contributed by atoms with Gasteiger partial charge in [0.05, 0.1) is 0 Å². The Bertz CT molecular complexity index is 429. The summed E-state index contributed by atoms with van der Waals surface area (Å²) >= 11 is 0. The van der Waals surface area contributed by atoms with Crippen LogP contribution in [0.1, 0.15) is 46.5 Å². The summed E-state index contributed by atoms with van der Waals surface area (Å²) in [6.45, 7) is 12.0. The number of hydrogen-bond donors (Lipinski definition) is 2. The first-order valence-electron chi connectivity index (χ1n) is 7.65. The van der Waals surface area contributed by atoms with Gasteiger partial charge in [-0.2, -0.15) is 0 Å². The fourth-order valence-corrected chi connectivity index (χ4v) is 2.75. The van der Waals surface area contributed by atoms with Gasteiger partial charge in [-0.05, 0) is 46.5 Å². The molecule has 1 aliphatic rings. The highest BCUT2D eigenvalue weighted by Gasteiger charge is 2.33. The van der Waals surface area contributed by atoms with E-state index in [1.807, 2.05) is 20.8 Å². The Morgan fingerprint density at radius 1 is 1.29 bits per heavy atom. The summed E-state index contributed by atoms with van der Waals surface area (Å²) in [5, 5.41) is 13.4. The Balaban J connectivity index is 2.48. The SMILES string of the molecule is CC(C)(C)OC(=O)NC1CCC(O)(C#C[Si](C)(C)C)CC1. The maximum Gasteiger partial charge on any atom is 0.407 e. The average Bonchev–Trinajstić information content (AvgIpc) is 2.27. The number of alkyl carbamates (subject to hydrolysis) is 1. The zero-order valence-corrected chi connectivity index (χ0v) is 15.2. The van der Waals surface area contributed by atoms with Crippen LogP contribution in [0.15, 0.2) is 0 Å². The molecule has 0 radical (unpaired) electrons. The Hall–Kier alpha value is -0.993. The third kappa shape index (κ3) is 7.54. The molecule has 1 rings (SSSR count). The predicted octanol–water partition coefficient (Wildman–Crippen LogP) is 3.07. The van der Waals surface area contributed by atoms with Gasteiger partial charge in [-0.15, -0.1) is 5.54 Å². The fourth-order valence-electron chi connectivity index (χ4n) is 2.14. The lowest BCUT2D eigenvalue weighted by molar-refractivity contribution is 0.0343. The standard InChI is InChI=1S/C16H29NO3Si/c1-15(2,3)20-14(18)17-13-7-9-16(19,10-8-13)11-12-21(4,5)6/h13,19H,7-10H2,1-6H3,(H,17,18). The van der Waals surface area contributed by atoms with Crippen LogP contribution in [0.25, 0.3) is 0 Å². The summed E-state index contributed by atoms with van der Waals surface area (Å²) in [7, 11) is -1.47. The van der Waals surface area contributed by atoms with Gasteiger partial charge < -0.3 is 15.2 Å². The highest BCUT2D eigenvalue weighted by molar-refractivity contribution is 6.83. The molecule has 5 heteroatoms. The second-order valence-electron chi connectivity index (χ2n) is 7.95. The molecule has 0 aromatic carbocycles. The number of aliphatic hydroxyl groups is 1. The third-order valence-electron chi connectivity index (χ3n) is 3.20. The molecule has 0 spiro atoms. The van der Waals surface area contributed by atoms with Crippen molar-refractivity contribution in [3.8, 4) is 11.5 Å². The number of hydrogen-bond acceptors (Lipinski definition) is 3. The van der Waals surface area contributed by atoms with Crippen molar-refractivity contribution in [2.45, 2.75) is 83.3 Å². The maximum atomic E-state index is 11.7. The molecule has 0 aromatic heterocycles. The van der Waals surface area contributed by atoms with Crippen molar-refractivity contribution < 1.29 is 14.6 Å². The summed E-state index contributed by atoms with van der Waals surface area (Å²) in [6.07, 6.45) is 2.29. The minimum atomic E-state index is -1.47. The topological polar surface area (TPSA) is 58.6 Å². The van der Waals surface area contributed by atoms with Crippen molar-refractivity contribution in [3.05, 3.63) is 0 Å². The van der Waals surface area contributed by atoms with Crippen LogP contribution in [0.3, 0.4) is 0 Å². The number of nitrogens with one attached hydrogen (secondary N) is 1. The zero-order valence-electron chi connectivity index (χ0n) is 14.2. The number of ether oxygens (including phenoxy) is 1. The van der Waals surface area contributed by atoms with Crippen LogP contribution in [0, 0.1) is 11.5 Å². The summed E-state index contributed by atoms with van der Waals surface area (Å²) in [4.78, 5) is 11.7. The Kier molecular flexibility index (Phi) is 5.51. The molecular weight excluding hydrogens is 282 g/mol. The van der Waals surface area contributed by atoms with Crippen molar-refractivity contribution >= 4 is 14.2 Å². The van der Waals surface area contributed by atoms with Crippen molar-refractivity contribution in [1.29, 1.82) is 0 Å². The first kappa shape index (κ1) is 18.1. The van der Waals surface area contributed by atoms with Crippen molar-refractivity contribution in [1.82, 2.24) is 5.32 Å². The molecule has 120 valence electrons. The van der Waals surface area contributed by atoms with E-state index in [1.165, 1.54) is 0 Å². The number of carbonyl (C=O) groups is 1. The molecule has 1 aliphatic carbocycles. The monoisotopic (exact) mass is 311 g/mol. The van der Waals surface area contributed by atoms with Gasteiger partial charge in [-0.1, -0.05) is 25.6 Å². The van der Waals surface area contributed by atoms with Crippen LogP contribution in [-0.4, -0.2) is 36.5 Å². The molecule has 0 bridgehead atoms. The lowest BCUT2D eigenvalue weighted by Crippen LogP contribution is -2.44. The average molecular weight is 311 g/mol. The highest BCUT2D eigenvalue weighted by atomic mass is 28.3. The Morgan fingerprint density at radius 2 is 1.81 bits per heavy atom. The van der Waals surface area contributed by atoms with E-state index in [0.29, 0.717) is 12.8 Å². The number of rotatable bonds is 1. The van der Waals surface area contributed by atoms with Gasteiger partial charge in [0.1, 0.15) is 19.3 Å². The molecular formula is C16H29NO3Si. The van der Waals surface area contributed by atoms with Crippen LogP contribution >= 0.6 is 0 Å². The van der Waals surface area contributed by atoms with E-state index >= 15 is 0 Å². The van der Waals surface area contributed by atoms with E-state index in [0.717, 1.165) is 12.8 Å². The summed E-state index contributed by atoms with van der Waals surface area (Å²) in [5.41, 5.74) is 1.88. The van der Waals surface area contributed by atoms with Crippen LogP contribution in [0.2, 0.25) is 19.6 Å². The molecule has 1 amide bonds. The summed E-state index contributed by atoms with van der Waals surface area (Å²) in [5.74, 6) is 3.07. The van der Waals surface area contributed by atoms with Gasteiger partial charge in [-0.3, -0.25) is 0 Å². The lowest BCUT2D eigenvalue weighted by Gasteiger charge is -2.33. The van der Waals surface area contributed by atoms with Gasteiger partial charge in [0.25, 0.3) is 0 Å². The van der Waals surface area contributed by atoms with Crippen molar-refractivity contribution in [2.75, 3.05) is 0 Å². The van der Waals surface area contributed by atoms with Crippen LogP contribution in [0.4, 0.5) is 4.79 Å². The minimum Gasteiger partial charge on any atom is -0.444 e. The van der Waals surface area contributed by atoms with Crippen molar-refractivity contribution in [3.63, 3.8) is 0 Å². The normalized spacial score (nSPS) is 26.5. The fraction of sp³-hybridized carbons (Fsp3) is 0.812. The molecule has 0 aliphatic heterocycles. The van der Waals surface area contributed by atoms with Crippen LogP contribution in [-0.2, 0) is 4.74 Å².